The fourth-order valence-electron chi connectivity index (χ4n) is 2.78. The second kappa shape index (κ2) is 5.12. The molecular formula is C16H18N2O2. The lowest BCUT2D eigenvalue weighted by Gasteiger charge is -2.27. The molecule has 0 radical (unpaired) electrons. The number of fused-ring (bicyclic) bond motifs is 1. The van der Waals surface area contributed by atoms with Crippen molar-refractivity contribution >= 4 is 17.5 Å². The van der Waals surface area contributed by atoms with Gasteiger partial charge >= 0.3 is 0 Å². The van der Waals surface area contributed by atoms with Crippen LogP contribution in [0.5, 0.6) is 0 Å². The lowest BCUT2D eigenvalue weighted by Crippen LogP contribution is -2.35. The maximum Gasteiger partial charge on any atom is 0.254 e. The molecule has 3 rings (SSSR count). The number of nitrogens with zero attached hydrogens (tertiary/aromatic N) is 1. The van der Waals surface area contributed by atoms with Crippen molar-refractivity contribution in [3.8, 4) is 0 Å². The van der Waals surface area contributed by atoms with Gasteiger partial charge in [0.25, 0.3) is 5.91 Å². The van der Waals surface area contributed by atoms with Crippen molar-refractivity contribution in [2.45, 2.75) is 26.2 Å². The summed E-state index contributed by atoms with van der Waals surface area (Å²) >= 11 is 0. The Morgan fingerprint density at radius 3 is 2.95 bits per heavy atom. The second-order valence-corrected chi connectivity index (χ2v) is 5.49. The number of carbonyl (C=O) groups is 2. The van der Waals surface area contributed by atoms with Gasteiger partial charge in [-0.1, -0.05) is 11.6 Å². The molecule has 0 aliphatic carbocycles. The lowest BCUT2D eigenvalue weighted by molar-refractivity contribution is -0.116. The molecule has 0 aromatic heterocycles. The maximum atomic E-state index is 12.5. The second-order valence-electron chi connectivity index (χ2n) is 5.49. The van der Waals surface area contributed by atoms with Crippen LogP contribution in [0, 0.1) is 0 Å². The van der Waals surface area contributed by atoms with Crippen LogP contribution in [-0.2, 0) is 11.2 Å². The summed E-state index contributed by atoms with van der Waals surface area (Å²) in [6.07, 6.45) is 4.32. The molecule has 0 spiro atoms. The largest absolute Gasteiger partial charge is 0.334 e. The number of nitrogens with one attached hydrogen (secondary N) is 1. The minimum atomic E-state index is 0.0494. The highest BCUT2D eigenvalue weighted by molar-refractivity contribution is 5.98. The molecule has 20 heavy (non-hydrogen) atoms. The number of aryl methyl sites for hydroxylation is 1. The molecule has 2 amide bonds. The lowest BCUT2D eigenvalue weighted by atomic mass is 9.99. The van der Waals surface area contributed by atoms with Crippen LogP contribution in [0.15, 0.2) is 29.8 Å². The van der Waals surface area contributed by atoms with Crippen LogP contribution in [0.1, 0.15) is 35.7 Å². The van der Waals surface area contributed by atoms with Gasteiger partial charge in [-0.3, -0.25) is 9.59 Å². The first-order chi connectivity index (χ1) is 9.63. The van der Waals surface area contributed by atoms with E-state index in [1.54, 1.807) is 6.07 Å². The van der Waals surface area contributed by atoms with E-state index in [-0.39, 0.29) is 11.8 Å². The fraction of sp³-hybridized carbons (Fsp3) is 0.375. The molecule has 0 bridgehead atoms. The number of carbonyl (C=O) groups excluding carboxylic acids is 2. The zero-order chi connectivity index (χ0) is 14.1. The van der Waals surface area contributed by atoms with Crippen molar-refractivity contribution in [2.75, 3.05) is 18.4 Å². The van der Waals surface area contributed by atoms with Gasteiger partial charge in [0.05, 0.1) is 0 Å². The summed E-state index contributed by atoms with van der Waals surface area (Å²) < 4.78 is 0. The van der Waals surface area contributed by atoms with Crippen molar-refractivity contribution in [1.82, 2.24) is 4.90 Å². The highest BCUT2D eigenvalue weighted by atomic mass is 16.2. The van der Waals surface area contributed by atoms with E-state index in [0.717, 1.165) is 29.8 Å². The molecule has 0 saturated carbocycles. The van der Waals surface area contributed by atoms with Gasteiger partial charge in [-0.15, -0.1) is 0 Å². The van der Waals surface area contributed by atoms with Crippen molar-refractivity contribution in [2.24, 2.45) is 0 Å². The van der Waals surface area contributed by atoms with Crippen LogP contribution in [0.2, 0.25) is 0 Å². The van der Waals surface area contributed by atoms with Gasteiger partial charge in [0.15, 0.2) is 0 Å². The summed E-state index contributed by atoms with van der Waals surface area (Å²) in [6.45, 7) is 3.55. The smallest absolute Gasteiger partial charge is 0.254 e. The Bertz CT molecular complexity index is 604. The fourth-order valence-corrected chi connectivity index (χ4v) is 2.78. The highest BCUT2D eigenvalue weighted by Gasteiger charge is 2.21. The van der Waals surface area contributed by atoms with E-state index < -0.39 is 0 Å². The third kappa shape index (κ3) is 2.46. The van der Waals surface area contributed by atoms with E-state index in [4.69, 9.17) is 0 Å². The first-order valence-corrected chi connectivity index (χ1v) is 7.01. The summed E-state index contributed by atoms with van der Waals surface area (Å²) in [6, 6.07) is 5.57. The number of benzene rings is 1. The van der Waals surface area contributed by atoms with Crippen LogP contribution in [-0.4, -0.2) is 29.8 Å². The molecule has 104 valence electrons. The topological polar surface area (TPSA) is 49.4 Å². The van der Waals surface area contributed by atoms with Gasteiger partial charge in [-0.05, 0) is 43.5 Å². The summed E-state index contributed by atoms with van der Waals surface area (Å²) in [5.74, 6) is 0.130. The number of hydrogen-bond donors (Lipinski definition) is 1. The normalized spacial score (nSPS) is 18.1. The van der Waals surface area contributed by atoms with Crippen molar-refractivity contribution in [3.05, 3.63) is 41.0 Å². The monoisotopic (exact) mass is 270 g/mol. The standard InChI is InChI=1S/C16H18N2O2/c1-11-3-2-8-18(10-11)16(20)13-4-6-14-12(9-13)5-7-15(19)17-14/h3-4,6,9H,2,5,7-8,10H2,1H3,(H,17,19). The molecule has 1 N–H and O–H groups in total. The molecule has 0 saturated heterocycles. The van der Waals surface area contributed by atoms with Crippen molar-refractivity contribution in [1.29, 1.82) is 0 Å². The van der Waals surface area contributed by atoms with Gasteiger partial charge in [-0.25, -0.2) is 0 Å². The molecule has 4 nitrogen and oxygen atoms in total. The van der Waals surface area contributed by atoms with Crippen LogP contribution in [0.3, 0.4) is 0 Å². The van der Waals surface area contributed by atoms with Crippen LogP contribution in [0.25, 0.3) is 0 Å². The van der Waals surface area contributed by atoms with Gasteiger partial charge < -0.3 is 10.2 Å². The first-order valence-electron chi connectivity index (χ1n) is 7.01. The van der Waals surface area contributed by atoms with Crippen molar-refractivity contribution in [3.63, 3.8) is 0 Å². The Morgan fingerprint density at radius 2 is 2.15 bits per heavy atom. The van der Waals surface area contributed by atoms with E-state index in [1.807, 2.05) is 17.0 Å². The molecule has 0 fully saturated rings. The van der Waals surface area contributed by atoms with E-state index >= 15 is 0 Å². The molecule has 1 aromatic rings. The molecule has 2 aliphatic rings. The Balaban J connectivity index is 1.82. The summed E-state index contributed by atoms with van der Waals surface area (Å²) in [4.78, 5) is 25.7. The van der Waals surface area contributed by atoms with Crippen LogP contribution < -0.4 is 5.32 Å². The predicted octanol–water partition coefficient (Wildman–Crippen LogP) is 2.36. The average molecular weight is 270 g/mol. The number of amides is 2. The molecule has 0 atom stereocenters. The van der Waals surface area contributed by atoms with Crippen LogP contribution in [0.4, 0.5) is 5.69 Å². The highest BCUT2D eigenvalue weighted by Crippen LogP contribution is 2.24. The predicted molar refractivity (Wildman–Crippen MR) is 77.7 cm³/mol. The Kier molecular flexibility index (Phi) is 3.30. The first kappa shape index (κ1) is 12.9. The quantitative estimate of drug-likeness (QED) is 0.796. The van der Waals surface area contributed by atoms with Gasteiger partial charge in [-0.2, -0.15) is 0 Å². The Hall–Kier alpha value is -2.10. The summed E-state index contributed by atoms with van der Waals surface area (Å²) in [7, 11) is 0. The van der Waals surface area contributed by atoms with E-state index in [2.05, 4.69) is 18.3 Å². The maximum absolute atomic E-state index is 12.5. The van der Waals surface area contributed by atoms with E-state index in [0.29, 0.717) is 19.4 Å². The van der Waals surface area contributed by atoms with Gasteiger partial charge in [0.2, 0.25) is 5.91 Å². The molecule has 2 heterocycles. The summed E-state index contributed by atoms with van der Waals surface area (Å²) in [5.41, 5.74) is 3.86. The van der Waals surface area contributed by atoms with Gasteiger partial charge in [0.1, 0.15) is 0 Å². The van der Waals surface area contributed by atoms with E-state index in [1.165, 1.54) is 5.57 Å². The Labute approximate surface area is 118 Å². The average Bonchev–Trinajstić information content (AvgIpc) is 2.46. The van der Waals surface area contributed by atoms with Crippen LogP contribution >= 0.6 is 0 Å². The third-order valence-corrected chi connectivity index (χ3v) is 3.87. The third-order valence-electron chi connectivity index (χ3n) is 3.87. The molecule has 2 aliphatic heterocycles. The molecule has 4 heteroatoms. The van der Waals surface area contributed by atoms with Gasteiger partial charge in [0, 0.05) is 30.8 Å². The van der Waals surface area contributed by atoms with E-state index in [9.17, 15) is 9.59 Å². The number of hydrogen-bond acceptors (Lipinski definition) is 2. The summed E-state index contributed by atoms with van der Waals surface area (Å²) in [5, 5.41) is 2.84. The Morgan fingerprint density at radius 1 is 1.30 bits per heavy atom. The van der Waals surface area contributed by atoms with Crippen molar-refractivity contribution < 1.29 is 9.59 Å². The molecule has 0 unspecified atom stereocenters. The molecular weight excluding hydrogens is 252 g/mol. The number of rotatable bonds is 1. The molecule has 1 aromatic carbocycles. The number of anilines is 1. The minimum Gasteiger partial charge on any atom is -0.334 e. The SMILES string of the molecule is CC1=CCCN(C(=O)c2ccc3c(c2)CCC(=O)N3)C1. The zero-order valence-corrected chi connectivity index (χ0v) is 11.6. The zero-order valence-electron chi connectivity index (χ0n) is 11.6. The minimum absolute atomic E-state index is 0.0494.